The molecule has 1 aromatic carbocycles. The molecule has 1 N–H and O–H groups in total. The standard InChI is InChI=1S/C13H19NO3/c1-5-17-13(15)14-11-7-6-10(9(2)3)8-12(11)16-4/h6-9H,5H2,1-4H3,(H,14,15). The molecule has 94 valence electrons. The molecule has 0 aliphatic carbocycles. The van der Waals surface area contributed by atoms with Gasteiger partial charge >= 0.3 is 6.09 Å². The molecule has 0 aromatic heterocycles. The highest BCUT2D eigenvalue weighted by Gasteiger charge is 2.09. The Labute approximate surface area is 102 Å². The Kier molecular flexibility index (Phi) is 4.82. The number of ether oxygens (including phenoxy) is 2. The van der Waals surface area contributed by atoms with Crippen LogP contribution in [0.3, 0.4) is 0 Å². The molecular formula is C13H19NO3. The van der Waals surface area contributed by atoms with Gasteiger partial charge in [0.05, 0.1) is 19.4 Å². The zero-order chi connectivity index (χ0) is 12.8. The average Bonchev–Trinajstić information content (AvgIpc) is 2.29. The lowest BCUT2D eigenvalue weighted by molar-refractivity contribution is 0.168. The van der Waals surface area contributed by atoms with Crippen molar-refractivity contribution in [3.05, 3.63) is 23.8 Å². The van der Waals surface area contributed by atoms with Crippen LogP contribution in [0.2, 0.25) is 0 Å². The monoisotopic (exact) mass is 237 g/mol. The van der Waals surface area contributed by atoms with E-state index in [9.17, 15) is 4.79 Å². The second-order valence-corrected chi connectivity index (χ2v) is 3.96. The fraction of sp³-hybridized carbons (Fsp3) is 0.462. The second kappa shape index (κ2) is 6.13. The number of benzene rings is 1. The third-order valence-electron chi connectivity index (χ3n) is 2.40. The van der Waals surface area contributed by atoms with Gasteiger partial charge in [0, 0.05) is 0 Å². The quantitative estimate of drug-likeness (QED) is 0.873. The molecule has 0 aliphatic rings. The third-order valence-corrected chi connectivity index (χ3v) is 2.40. The number of nitrogens with one attached hydrogen (secondary N) is 1. The molecule has 0 aliphatic heterocycles. The van der Waals surface area contributed by atoms with Crippen LogP contribution in [0.15, 0.2) is 18.2 Å². The molecule has 1 aromatic rings. The number of rotatable bonds is 4. The van der Waals surface area contributed by atoms with Crippen LogP contribution in [0, 0.1) is 0 Å². The number of hydrogen-bond donors (Lipinski definition) is 1. The van der Waals surface area contributed by atoms with E-state index in [1.807, 2.05) is 18.2 Å². The summed E-state index contributed by atoms with van der Waals surface area (Å²) < 4.78 is 10.1. The molecule has 0 bridgehead atoms. The summed E-state index contributed by atoms with van der Waals surface area (Å²) in [5.41, 5.74) is 1.78. The first-order chi connectivity index (χ1) is 8.08. The number of amides is 1. The molecule has 4 heteroatoms. The first-order valence-corrected chi connectivity index (χ1v) is 5.70. The normalized spacial score (nSPS) is 10.2. The minimum atomic E-state index is -0.469. The SMILES string of the molecule is CCOC(=O)Nc1ccc(C(C)C)cc1OC. The summed E-state index contributed by atoms with van der Waals surface area (Å²) in [6, 6.07) is 5.71. The van der Waals surface area contributed by atoms with Crippen molar-refractivity contribution in [2.75, 3.05) is 19.0 Å². The lowest BCUT2D eigenvalue weighted by Gasteiger charge is -2.13. The van der Waals surface area contributed by atoms with E-state index in [2.05, 4.69) is 19.2 Å². The molecule has 0 heterocycles. The van der Waals surface area contributed by atoms with Gasteiger partial charge in [0.15, 0.2) is 0 Å². The minimum Gasteiger partial charge on any atom is -0.495 e. The lowest BCUT2D eigenvalue weighted by Crippen LogP contribution is -2.14. The van der Waals surface area contributed by atoms with Crippen LogP contribution in [0.1, 0.15) is 32.3 Å². The van der Waals surface area contributed by atoms with E-state index < -0.39 is 6.09 Å². The second-order valence-electron chi connectivity index (χ2n) is 3.96. The summed E-state index contributed by atoms with van der Waals surface area (Å²) in [5, 5.41) is 2.64. The predicted molar refractivity (Wildman–Crippen MR) is 67.7 cm³/mol. The Hall–Kier alpha value is -1.71. The Morgan fingerprint density at radius 2 is 2.12 bits per heavy atom. The Morgan fingerprint density at radius 3 is 2.65 bits per heavy atom. The van der Waals surface area contributed by atoms with Gasteiger partial charge in [-0.3, -0.25) is 5.32 Å². The molecule has 0 radical (unpaired) electrons. The third kappa shape index (κ3) is 3.66. The molecular weight excluding hydrogens is 218 g/mol. The van der Waals surface area contributed by atoms with Gasteiger partial charge in [-0.05, 0) is 30.5 Å². The average molecular weight is 237 g/mol. The smallest absolute Gasteiger partial charge is 0.411 e. The van der Waals surface area contributed by atoms with Crippen molar-refractivity contribution in [3.63, 3.8) is 0 Å². The van der Waals surface area contributed by atoms with Crippen molar-refractivity contribution in [2.24, 2.45) is 0 Å². The molecule has 17 heavy (non-hydrogen) atoms. The molecule has 4 nitrogen and oxygen atoms in total. The van der Waals surface area contributed by atoms with Crippen molar-refractivity contribution >= 4 is 11.8 Å². The zero-order valence-corrected chi connectivity index (χ0v) is 10.7. The summed E-state index contributed by atoms with van der Waals surface area (Å²) in [7, 11) is 1.58. The number of carbonyl (C=O) groups is 1. The Bertz CT molecular complexity index is 388. The number of carbonyl (C=O) groups excluding carboxylic acids is 1. The van der Waals surface area contributed by atoms with Crippen molar-refractivity contribution in [1.29, 1.82) is 0 Å². The van der Waals surface area contributed by atoms with Crippen LogP contribution in [0.25, 0.3) is 0 Å². The summed E-state index contributed by atoms with van der Waals surface area (Å²) in [4.78, 5) is 11.3. The number of methoxy groups -OCH3 is 1. The van der Waals surface area contributed by atoms with Gasteiger partial charge in [0.1, 0.15) is 5.75 Å². The van der Waals surface area contributed by atoms with Crippen molar-refractivity contribution in [1.82, 2.24) is 0 Å². The topological polar surface area (TPSA) is 47.6 Å². The Morgan fingerprint density at radius 1 is 1.41 bits per heavy atom. The Balaban J connectivity index is 2.89. The molecule has 0 saturated heterocycles. The van der Waals surface area contributed by atoms with E-state index in [4.69, 9.17) is 9.47 Å². The highest BCUT2D eigenvalue weighted by atomic mass is 16.5. The van der Waals surface area contributed by atoms with Crippen LogP contribution >= 0.6 is 0 Å². The van der Waals surface area contributed by atoms with Crippen LogP contribution in [0.4, 0.5) is 10.5 Å². The van der Waals surface area contributed by atoms with Crippen molar-refractivity contribution in [3.8, 4) is 5.75 Å². The van der Waals surface area contributed by atoms with Gasteiger partial charge in [0.25, 0.3) is 0 Å². The maximum absolute atomic E-state index is 11.3. The van der Waals surface area contributed by atoms with Crippen LogP contribution in [-0.4, -0.2) is 19.8 Å². The maximum Gasteiger partial charge on any atom is 0.411 e. The molecule has 0 spiro atoms. The van der Waals surface area contributed by atoms with E-state index >= 15 is 0 Å². The van der Waals surface area contributed by atoms with E-state index in [-0.39, 0.29) is 0 Å². The van der Waals surface area contributed by atoms with Crippen LogP contribution in [0.5, 0.6) is 5.75 Å². The summed E-state index contributed by atoms with van der Waals surface area (Å²) in [5.74, 6) is 1.06. The van der Waals surface area contributed by atoms with Gasteiger partial charge in [0.2, 0.25) is 0 Å². The van der Waals surface area contributed by atoms with E-state index in [1.165, 1.54) is 0 Å². The van der Waals surface area contributed by atoms with Gasteiger partial charge in [-0.15, -0.1) is 0 Å². The van der Waals surface area contributed by atoms with Crippen LogP contribution < -0.4 is 10.1 Å². The van der Waals surface area contributed by atoms with Gasteiger partial charge in [-0.1, -0.05) is 19.9 Å². The maximum atomic E-state index is 11.3. The fourth-order valence-electron chi connectivity index (χ4n) is 1.45. The zero-order valence-electron chi connectivity index (χ0n) is 10.7. The minimum absolute atomic E-state index is 0.345. The summed E-state index contributed by atoms with van der Waals surface area (Å²) in [6.07, 6.45) is -0.469. The van der Waals surface area contributed by atoms with Crippen molar-refractivity contribution < 1.29 is 14.3 Å². The summed E-state index contributed by atoms with van der Waals surface area (Å²) in [6.45, 7) is 6.32. The van der Waals surface area contributed by atoms with E-state index in [0.29, 0.717) is 24.0 Å². The van der Waals surface area contributed by atoms with E-state index in [1.54, 1.807) is 14.0 Å². The highest BCUT2D eigenvalue weighted by Crippen LogP contribution is 2.28. The lowest BCUT2D eigenvalue weighted by atomic mass is 10.0. The molecule has 0 atom stereocenters. The molecule has 0 saturated carbocycles. The van der Waals surface area contributed by atoms with Gasteiger partial charge in [-0.25, -0.2) is 4.79 Å². The molecule has 1 amide bonds. The largest absolute Gasteiger partial charge is 0.495 e. The van der Waals surface area contributed by atoms with Gasteiger partial charge < -0.3 is 9.47 Å². The van der Waals surface area contributed by atoms with Crippen LogP contribution in [-0.2, 0) is 4.74 Å². The van der Waals surface area contributed by atoms with Gasteiger partial charge in [-0.2, -0.15) is 0 Å². The first kappa shape index (κ1) is 13.4. The number of hydrogen-bond acceptors (Lipinski definition) is 3. The first-order valence-electron chi connectivity index (χ1n) is 5.70. The number of anilines is 1. The van der Waals surface area contributed by atoms with Crippen molar-refractivity contribution in [2.45, 2.75) is 26.7 Å². The molecule has 0 unspecified atom stereocenters. The summed E-state index contributed by atoms with van der Waals surface area (Å²) >= 11 is 0. The highest BCUT2D eigenvalue weighted by molar-refractivity contribution is 5.86. The molecule has 1 rings (SSSR count). The predicted octanol–water partition coefficient (Wildman–Crippen LogP) is 3.39. The van der Waals surface area contributed by atoms with E-state index in [0.717, 1.165) is 5.56 Å². The molecule has 0 fully saturated rings. The fourth-order valence-corrected chi connectivity index (χ4v) is 1.45.